The molecule has 0 radical (unpaired) electrons. The van der Waals surface area contributed by atoms with Gasteiger partial charge in [-0.1, -0.05) is 76.2 Å². The molecule has 3 nitrogen and oxygen atoms in total. The highest BCUT2D eigenvalue weighted by molar-refractivity contribution is 6.67. The first-order valence-electron chi connectivity index (χ1n) is 14.0. The topological polar surface area (TPSA) is 27.7 Å². The van der Waals surface area contributed by atoms with Gasteiger partial charge in [-0.25, -0.2) is 13.2 Å². The first-order valence-corrected chi connectivity index (χ1v) is 25.1. The molecule has 0 spiro atoms. The van der Waals surface area contributed by atoms with E-state index < -0.39 is 78.5 Å². The quantitative estimate of drug-likeness (QED) is 0.0678. The van der Waals surface area contributed by atoms with Gasteiger partial charge in [0.05, 0.1) is 6.67 Å². The van der Waals surface area contributed by atoms with Gasteiger partial charge in [0, 0.05) is 35.9 Å². The predicted octanol–water partition coefficient (Wildman–Crippen LogP) is 9.61. The van der Waals surface area contributed by atoms with Crippen molar-refractivity contribution in [1.29, 1.82) is 0 Å². The summed E-state index contributed by atoms with van der Waals surface area (Å²) in [4.78, 5) is 5.00. The van der Waals surface area contributed by atoms with E-state index in [0.717, 1.165) is 17.1 Å². The normalized spacial score (nSPS) is 13.3. The Kier molecular flexibility index (Phi) is 40.4. The first kappa shape index (κ1) is 54.2. The molecular weight excluding hydrogens is 722 g/mol. The van der Waals surface area contributed by atoms with Crippen LogP contribution in [0.15, 0.2) is 0 Å². The van der Waals surface area contributed by atoms with Crippen LogP contribution < -0.4 is 0 Å². The number of ether oxygens (including phenoxy) is 1. The second-order valence-corrected chi connectivity index (χ2v) is 22.7. The molecule has 0 N–H and O–H groups in total. The van der Waals surface area contributed by atoms with Crippen LogP contribution in [0.25, 0.3) is 0 Å². The van der Waals surface area contributed by atoms with E-state index in [2.05, 4.69) is 53.9 Å². The average Bonchev–Trinajstić information content (AvgIpc) is 2.87. The molecule has 2 atom stereocenters. The maximum atomic E-state index is 12.1. The third-order valence-electron chi connectivity index (χ3n) is 5.44. The Morgan fingerprint density at radius 1 is 0.622 bits per heavy atom. The minimum absolute atomic E-state index is 0.0542. The van der Waals surface area contributed by atoms with E-state index in [1.807, 2.05) is 0 Å². The van der Waals surface area contributed by atoms with Crippen molar-refractivity contribution in [2.45, 2.75) is 106 Å². The second-order valence-electron chi connectivity index (χ2n) is 10.6. The zero-order valence-corrected chi connectivity index (χ0v) is 31.4. The van der Waals surface area contributed by atoms with E-state index in [4.69, 9.17) is 0 Å². The van der Waals surface area contributed by atoms with Crippen molar-refractivity contribution in [2.75, 3.05) is 40.3 Å². The van der Waals surface area contributed by atoms with Crippen LogP contribution in [0, 0.1) is 0 Å². The van der Waals surface area contributed by atoms with E-state index in [-0.39, 0.29) is 16.2 Å². The Morgan fingerprint density at radius 2 is 1.07 bits per heavy atom. The lowest BCUT2D eigenvalue weighted by atomic mass is 10.1. The summed E-state index contributed by atoms with van der Waals surface area (Å²) >= 11 is 0. The van der Waals surface area contributed by atoms with Crippen molar-refractivity contribution in [1.82, 2.24) is 0 Å². The Balaban J connectivity index is -0.000000175. The fraction of sp³-hybridized carbons (Fsp3) is 1.00. The zero-order valence-electron chi connectivity index (χ0n) is 26.5. The van der Waals surface area contributed by atoms with Crippen LogP contribution in [0.4, 0.5) is 66.1 Å². The zero-order chi connectivity index (χ0) is 36.7. The third kappa shape index (κ3) is 56.4. The van der Waals surface area contributed by atoms with E-state index in [9.17, 15) is 66.1 Å². The SMILES string of the molecule is C[SiH](C)CC(C(CCCC[SiH2]CCF)[SiH](C)C)[SiH](C)C.FCC(F)(F)F.FCF.FOCC(F)(F)F.FOCOCC(F)(F)F. The number of halogens is 15. The summed E-state index contributed by atoms with van der Waals surface area (Å²) in [5.41, 5.74) is 2.25. The van der Waals surface area contributed by atoms with Crippen molar-refractivity contribution in [3.05, 3.63) is 0 Å². The largest absolute Gasteiger partial charge is 0.416 e. The molecule has 0 aliphatic rings. The summed E-state index contributed by atoms with van der Waals surface area (Å²) in [5.74, 6) is 0. The van der Waals surface area contributed by atoms with Gasteiger partial charge in [-0.2, -0.15) is 49.4 Å². The van der Waals surface area contributed by atoms with E-state index in [1.165, 1.54) is 25.3 Å². The van der Waals surface area contributed by atoms with Crippen LogP contribution in [0.3, 0.4) is 0 Å². The molecule has 280 valence electrons. The molecule has 22 heteroatoms. The molecule has 0 bridgehead atoms. The van der Waals surface area contributed by atoms with Crippen LogP contribution in [0.2, 0.25) is 68.5 Å². The fourth-order valence-corrected chi connectivity index (χ4v) is 16.5. The highest BCUT2D eigenvalue weighted by atomic mass is 28.3. The summed E-state index contributed by atoms with van der Waals surface area (Å²) in [5, 5.41) is 0. The first-order chi connectivity index (χ1) is 20.5. The highest BCUT2D eigenvalue weighted by Gasteiger charge is 2.29. The van der Waals surface area contributed by atoms with Crippen molar-refractivity contribution in [2.24, 2.45) is 0 Å². The van der Waals surface area contributed by atoms with E-state index in [1.54, 1.807) is 6.04 Å². The molecule has 0 saturated heterocycles. The molecule has 0 aromatic rings. The smallest absolute Gasteiger partial charge is 0.342 e. The van der Waals surface area contributed by atoms with Gasteiger partial charge in [0.1, 0.15) is 6.61 Å². The number of rotatable bonds is 16. The Labute approximate surface area is 263 Å². The van der Waals surface area contributed by atoms with Gasteiger partial charge in [0.25, 0.3) is 0 Å². The van der Waals surface area contributed by atoms with Gasteiger partial charge in [0.2, 0.25) is 6.93 Å². The highest BCUT2D eigenvalue weighted by Crippen LogP contribution is 2.39. The molecule has 0 aliphatic carbocycles. The molecule has 2 unspecified atom stereocenters. The third-order valence-corrected chi connectivity index (χ3v) is 14.7. The Hall–Kier alpha value is -0.302. The van der Waals surface area contributed by atoms with Crippen LogP contribution >= 0.6 is 0 Å². The summed E-state index contributed by atoms with van der Waals surface area (Å²) in [6, 6.07) is 3.91. The Bertz CT molecular complexity index is 587. The summed E-state index contributed by atoms with van der Waals surface area (Å²) in [6.07, 6.45) is -9.25. The van der Waals surface area contributed by atoms with Gasteiger partial charge >= 0.3 is 18.5 Å². The van der Waals surface area contributed by atoms with Gasteiger partial charge in [-0.3, -0.25) is 4.39 Å². The molecule has 0 fully saturated rings. The molecule has 45 heavy (non-hydrogen) atoms. The lowest BCUT2D eigenvalue weighted by Gasteiger charge is -2.33. The minimum atomic E-state index is -4.62. The summed E-state index contributed by atoms with van der Waals surface area (Å²) in [7, 11) is -1.48. The maximum Gasteiger partial charge on any atom is 0.416 e. The van der Waals surface area contributed by atoms with Gasteiger partial charge in [-0.05, 0) is 20.6 Å². The molecule has 0 saturated carbocycles. The molecule has 0 amide bonds. The molecule has 0 aromatic heterocycles. The van der Waals surface area contributed by atoms with Crippen LogP contribution in [0.5, 0.6) is 0 Å². The van der Waals surface area contributed by atoms with Crippen molar-refractivity contribution in [3.8, 4) is 0 Å². The lowest BCUT2D eigenvalue weighted by molar-refractivity contribution is -0.249. The van der Waals surface area contributed by atoms with Gasteiger partial charge in [0.15, 0.2) is 20.1 Å². The average molecular weight is 771 g/mol. The molecular formula is C23H49F15O3Si4. The van der Waals surface area contributed by atoms with Crippen molar-refractivity contribution < 1.29 is 80.7 Å². The molecule has 0 aromatic carbocycles. The molecule has 0 heterocycles. The monoisotopic (exact) mass is 770 g/mol. The summed E-state index contributed by atoms with van der Waals surface area (Å²) in [6.45, 7) is 7.04. The van der Waals surface area contributed by atoms with E-state index >= 15 is 0 Å². The maximum absolute atomic E-state index is 12.1. The Morgan fingerprint density at radius 3 is 1.33 bits per heavy atom. The van der Waals surface area contributed by atoms with Crippen LogP contribution in [-0.2, 0) is 14.6 Å². The van der Waals surface area contributed by atoms with Gasteiger partial charge in [-0.15, -0.1) is 0 Å². The number of alkyl halides is 13. The lowest BCUT2D eigenvalue weighted by Crippen LogP contribution is -2.28. The van der Waals surface area contributed by atoms with E-state index in [0.29, 0.717) is 0 Å². The van der Waals surface area contributed by atoms with Crippen LogP contribution in [0.1, 0.15) is 19.3 Å². The fourth-order valence-electron chi connectivity index (χ4n) is 3.78. The van der Waals surface area contributed by atoms with Crippen molar-refractivity contribution >= 4 is 35.9 Å². The number of hydrogen-bond acceptors (Lipinski definition) is 3. The second kappa shape index (κ2) is 33.6. The van der Waals surface area contributed by atoms with Gasteiger partial charge < -0.3 is 4.74 Å². The number of unbranched alkanes of at least 4 members (excludes halogenated alkanes) is 1. The van der Waals surface area contributed by atoms with Crippen molar-refractivity contribution in [3.63, 3.8) is 0 Å². The number of hydrogen-bond donors (Lipinski definition) is 0. The standard InChI is InChI=1S/C15H39FSi4.C3H4F4O2.C2H2F4O.C2H2F4.CH2F2/c1-18(2)13-15(20(5)6)14(19(3)4)9-7-8-11-17-12-10-16;4-3(5,6)1-8-2-9-7;3-2(4,5)1-7-6;3-1-2(4,5)6;2-1-3/h14-15,18-20H,7-13,17H2,1-6H3;1-2H2;1H2;1H2;1H2. The minimum Gasteiger partial charge on any atom is -0.342 e. The molecule has 0 rings (SSSR count). The summed E-state index contributed by atoms with van der Waals surface area (Å²) < 4.78 is 163. The van der Waals surface area contributed by atoms with Crippen LogP contribution in [-0.4, -0.2) is 94.7 Å². The predicted molar refractivity (Wildman–Crippen MR) is 158 cm³/mol. The molecule has 0 aliphatic heterocycles.